The smallest absolute Gasteiger partial charge is 0.308 e. The van der Waals surface area contributed by atoms with Crippen molar-refractivity contribution in [1.82, 2.24) is 4.90 Å². The van der Waals surface area contributed by atoms with Crippen LogP contribution in [0.4, 0.5) is 0 Å². The zero-order valence-electron chi connectivity index (χ0n) is 13.3. The lowest BCUT2D eigenvalue weighted by atomic mass is 10.1. The van der Waals surface area contributed by atoms with E-state index in [-0.39, 0.29) is 5.91 Å². The standard InChI is InChI=1S/C16H21NO5S/c1-21-13-4-3-12(9-14(13)22-2)23-8-6-15(18)17-7-5-11(10-17)16(19)20/h3-4,9,11H,5-8,10H2,1-2H3,(H,19,20). The molecule has 1 aliphatic heterocycles. The molecule has 1 aromatic carbocycles. The molecule has 1 heterocycles. The zero-order chi connectivity index (χ0) is 16.8. The lowest BCUT2D eigenvalue weighted by Crippen LogP contribution is -2.30. The number of amides is 1. The van der Waals surface area contributed by atoms with Gasteiger partial charge in [-0.15, -0.1) is 11.8 Å². The summed E-state index contributed by atoms with van der Waals surface area (Å²) in [4.78, 5) is 25.7. The Kier molecular flexibility index (Phi) is 6.15. The van der Waals surface area contributed by atoms with Gasteiger partial charge in [0.05, 0.1) is 20.1 Å². The van der Waals surface area contributed by atoms with E-state index in [9.17, 15) is 9.59 Å². The monoisotopic (exact) mass is 339 g/mol. The summed E-state index contributed by atoms with van der Waals surface area (Å²) >= 11 is 1.56. The average Bonchev–Trinajstić information content (AvgIpc) is 3.05. The van der Waals surface area contributed by atoms with E-state index in [1.807, 2.05) is 18.2 Å². The summed E-state index contributed by atoms with van der Waals surface area (Å²) in [5.41, 5.74) is 0. The van der Waals surface area contributed by atoms with Gasteiger partial charge in [0, 0.05) is 30.2 Å². The summed E-state index contributed by atoms with van der Waals surface area (Å²) in [7, 11) is 3.17. The van der Waals surface area contributed by atoms with E-state index in [0.717, 1.165) is 4.90 Å². The number of rotatable bonds is 7. The third kappa shape index (κ3) is 4.54. The van der Waals surface area contributed by atoms with Crippen molar-refractivity contribution in [2.24, 2.45) is 5.92 Å². The fraction of sp³-hybridized carbons (Fsp3) is 0.500. The number of carbonyl (C=O) groups excluding carboxylic acids is 1. The van der Waals surface area contributed by atoms with E-state index >= 15 is 0 Å². The van der Waals surface area contributed by atoms with E-state index in [2.05, 4.69) is 0 Å². The van der Waals surface area contributed by atoms with Crippen LogP contribution in [0.3, 0.4) is 0 Å². The van der Waals surface area contributed by atoms with E-state index in [4.69, 9.17) is 14.6 Å². The van der Waals surface area contributed by atoms with Crippen LogP contribution >= 0.6 is 11.8 Å². The highest BCUT2D eigenvalue weighted by Gasteiger charge is 2.30. The number of ether oxygens (including phenoxy) is 2. The molecule has 23 heavy (non-hydrogen) atoms. The quantitative estimate of drug-likeness (QED) is 0.767. The van der Waals surface area contributed by atoms with Gasteiger partial charge in [0.15, 0.2) is 11.5 Å². The van der Waals surface area contributed by atoms with E-state index in [0.29, 0.717) is 43.2 Å². The number of nitrogens with zero attached hydrogens (tertiary/aromatic N) is 1. The van der Waals surface area contributed by atoms with E-state index in [1.54, 1.807) is 30.9 Å². The molecule has 1 aromatic rings. The van der Waals surface area contributed by atoms with Gasteiger partial charge in [-0.3, -0.25) is 9.59 Å². The molecule has 2 rings (SSSR count). The first-order valence-corrected chi connectivity index (χ1v) is 8.39. The molecule has 1 fully saturated rings. The molecular weight excluding hydrogens is 318 g/mol. The number of aliphatic carboxylic acids is 1. The van der Waals surface area contributed by atoms with Crippen LogP contribution in [0.1, 0.15) is 12.8 Å². The number of thioether (sulfide) groups is 1. The number of carboxylic acids is 1. The molecular formula is C16H21NO5S. The molecule has 0 radical (unpaired) electrons. The molecule has 7 heteroatoms. The second-order valence-corrected chi connectivity index (χ2v) is 6.45. The average molecular weight is 339 g/mol. The summed E-state index contributed by atoms with van der Waals surface area (Å²) in [6.07, 6.45) is 0.940. The van der Waals surface area contributed by atoms with Gasteiger partial charge in [-0.2, -0.15) is 0 Å². The van der Waals surface area contributed by atoms with Crippen LogP contribution < -0.4 is 9.47 Å². The molecule has 6 nitrogen and oxygen atoms in total. The van der Waals surface area contributed by atoms with Gasteiger partial charge >= 0.3 is 5.97 Å². The van der Waals surface area contributed by atoms with Crippen LogP contribution in [0.15, 0.2) is 23.1 Å². The van der Waals surface area contributed by atoms with Crippen molar-refractivity contribution in [3.8, 4) is 11.5 Å². The number of hydrogen-bond acceptors (Lipinski definition) is 5. The van der Waals surface area contributed by atoms with Crippen molar-refractivity contribution >= 4 is 23.6 Å². The SMILES string of the molecule is COc1ccc(SCCC(=O)N2CCC(C(=O)O)C2)cc1OC. The Bertz CT molecular complexity index is 578. The number of carbonyl (C=O) groups is 2. The third-order valence-electron chi connectivity index (χ3n) is 3.83. The van der Waals surface area contributed by atoms with Crippen LogP contribution in [0.5, 0.6) is 11.5 Å². The minimum atomic E-state index is -0.819. The molecule has 0 saturated carbocycles. The minimum Gasteiger partial charge on any atom is -0.493 e. The molecule has 126 valence electrons. The highest BCUT2D eigenvalue weighted by Crippen LogP contribution is 2.32. The Morgan fingerprint density at radius 3 is 2.65 bits per heavy atom. The van der Waals surface area contributed by atoms with E-state index < -0.39 is 11.9 Å². The van der Waals surface area contributed by atoms with E-state index in [1.165, 1.54) is 0 Å². The largest absolute Gasteiger partial charge is 0.493 e. The lowest BCUT2D eigenvalue weighted by Gasteiger charge is -2.15. The highest BCUT2D eigenvalue weighted by atomic mass is 32.2. The van der Waals surface area contributed by atoms with Gasteiger partial charge in [-0.05, 0) is 24.6 Å². The Labute approximate surface area is 139 Å². The van der Waals surface area contributed by atoms with Crippen molar-refractivity contribution < 1.29 is 24.2 Å². The van der Waals surface area contributed by atoms with Gasteiger partial charge in [-0.25, -0.2) is 0 Å². The second-order valence-electron chi connectivity index (χ2n) is 5.28. The summed E-state index contributed by atoms with van der Waals surface area (Å²) in [6.45, 7) is 0.867. The number of methoxy groups -OCH3 is 2. The number of likely N-dealkylation sites (tertiary alicyclic amines) is 1. The molecule has 1 amide bonds. The minimum absolute atomic E-state index is 0.0155. The molecule has 1 unspecified atom stereocenters. The van der Waals surface area contributed by atoms with Crippen molar-refractivity contribution in [2.75, 3.05) is 33.1 Å². The van der Waals surface area contributed by atoms with Crippen molar-refractivity contribution in [3.05, 3.63) is 18.2 Å². The predicted octanol–water partition coefficient (Wildman–Crippen LogP) is 2.12. The number of benzene rings is 1. The molecule has 0 bridgehead atoms. The van der Waals surface area contributed by atoms with Gasteiger partial charge in [0.1, 0.15) is 0 Å². The first-order chi connectivity index (χ1) is 11.0. The molecule has 0 aliphatic carbocycles. The Balaban J connectivity index is 1.81. The maximum Gasteiger partial charge on any atom is 0.308 e. The van der Waals surface area contributed by atoms with Crippen LogP contribution in [0, 0.1) is 5.92 Å². The van der Waals surface area contributed by atoms with Crippen LogP contribution in [-0.2, 0) is 9.59 Å². The Hall–Kier alpha value is -1.89. The fourth-order valence-electron chi connectivity index (χ4n) is 2.51. The van der Waals surface area contributed by atoms with Crippen molar-refractivity contribution in [1.29, 1.82) is 0 Å². The first kappa shape index (κ1) is 17.5. The zero-order valence-corrected chi connectivity index (χ0v) is 14.1. The highest BCUT2D eigenvalue weighted by molar-refractivity contribution is 7.99. The summed E-state index contributed by atoms with van der Waals surface area (Å²) < 4.78 is 10.4. The predicted molar refractivity (Wildman–Crippen MR) is 87.2 cm³/mol. The number of carboxylic acid groups (broad SMARTS) is 1. The molecule has 0 spiro atoms. The van der Waals surface area contributed by atoms with Crippen molar-refractivity contribution in [3.63, 3.8) is 0 Å². The van der Waals surface area contributed by atoms with Crippen molar-refractivity contribution in [2.45, 2.75) is 17.7 Å². The normalized spacial score (nSPS) is 17.1. The topological polar surface area (TPSA) is 76.1 Å². The van der Waals surface area contributed by atoms with Crippen LogP contribution in [-0.4, -0.2) is 54.9 Å². The maximum absolute atomic E-state index is 12.1. The van der Waals surface area contributed by atoms with Crippen LogP contribution in [0.25, 0.3) is 0 Å². The molecule has 1 aliphatic rings. The lowest BCUT2D eigenvalue weighted by molar-refractivity contribution is -0.141. The molecule has 1 N–H and O–H groups in total. The Morgan fingerprint density at radius 2 is 2.04 bits per heavy atom. The Morgan fingerprint density at radius 1 is 1.30 bits per heavy atom. The van der Waals surface area contributed by atoms with Gasteiger partial charge in [0.2, 0.25) is 5.91 Å². The van der Waals surface area contributed by atoms with Gasteiger partial charge in [0.25, 0.3) is 0 Å². The summed E-state index contributed by atoms with van der Waals surface area (Å²) in [6, 6.07) is 5.64. The second kappa shape index (κ2) is 8.10. The van der Waals surface area contributed by atoms with Crippen LogP contribution in [0.2, 0.25) is 0 Å². The first-order valence-electron chi connectivity index (χ1n) is 7.40. The summed E-state index contributed by atoms with van der Waals surface area (Å²) in [5.74, 6) is 0.749. The van der Waals surface area contributed by atoms with Gasteiger partial charge < -0.3 is 19.5 Å². The fourth-order valence-corrected chi connectivity index (χ4v) is 3.38. The van der Waals surface area contributed by atoms with Gasteiger partial charge in [-0.1, -0.05) is 0 Å². The molecule has 1 atom stereocenters. The number of hydrogen-bond donors (Lipinski definition) is 1. The maximum atomic E-state index is 12.1. The molecule has 0 aromatic heterocycles. The third-order valence-corrected chi connectivity index (χ3v) is 4.83. The molecule has 1 saturated heterocycles. The summed E-state index contributed by atoms with van der Waals surface area (Å²) in [5, 5.41) is 8.97.